The van der Waals surface area contributed by atoms with E-state index < -0.39 is 0 Å². The molecule has 1 aromatic heterocycles. The fourth-order valence-electron chi connectivity index (χ4n) is 4.43. The van der Waals surface area contributed by atoms with E-state index in [-0.39, 0.29) is 29.7 Å². The number of halogens is 1. The van der Waals surface area contributed by atoms with Crippen LogP contribution in [-0.4, -0.2) is 42.3 Å². The summed E-state index contributed by atoms with van der Waals surface area (Å²) < 4.78 is 30.9. The molecule has 2 aromatic carbocycles. The van der Waals surface area contributed by atoms with Gasteiger partial charge >= 0.3 is 0 Å². The van der Waals surface area contributed by atoms with Gasteiger partial charge in [0.05, 0.1) is 12.8 Å². The summed E-state index contributed by atoms with van der Waals surface area (Å²) in [5, 5.41) is 5.14. The van der Waals surface area contributed by atoms with Crippen molar-refractivity contribution in [2.24, 2.45) is 5.92 Å². The predicted molar refractivity (Wildman–Crippen MR) is 120 cm³/mol. The highest BCUT2D eigenvalue weighted by atomic mass is 19.1. The van der Waals surface area contributed by atoms with Gasteiger partial charge in [-0.1, -0.05) is 19.0 Å². The van der Waals surface area contributed by atoms with Crippen LogP contribution < -0.4 is 9.47 Å². The molecule has 0 spiro atoms. The highest BCUT2D eigenvalue weighted by molar-refractivity contribution is 5.94. The highest BCUT2D eigenvalue weighted by Crippen LogP contribution is 2.35. The molecule has 1 aliphatic heterocycles. The van der Waals surface area contributed by atoms with Gasteiger partial charge in [-0.2, -0.15) is 0 Å². The maximum Gasteiger partial charge on any atom is 0.170 e. The molecule has 170 valence electrons. The molecule has 2 heterocycles. The van der Waals surface area contributed by atoms with Gasteiger partial charge in [0.2, 0.25) is 0 Å². The molecular weight excluding hydrogens is 411 g/mol. The Labute approximate surface area is 187 Å². The molecular formula is C25H29FN2O4. The summed E-state index contributed by atoms with van der Waals surface area (Å²) in [4.78, 5) is 14.0. The molecule has 0 saturated carbocycles. The van der Waals surface area contributed by atoms with Crippen LogP contribution in [0, 0.1) is 11.7 Å². The van der Waals surface area contributed by atoms with Crippen LogP contribution in [0.5, 0.6) is 11.5 Å². The Bertz CT molecular complexity index is 1110. The first kappa shape index (κ1) is 22.3. The lowest BCUT2D eigenvalue weighted by Gasteiger charge is -2.39. The van der Waals surface area contributed by atoms with Crippen LogP contribution in [0.3, 0.4) is 0 Å². The van der Waals surface area contributed by atoms with Crippen LogP contribution in [0.1, 0.15) is 55.6 Å². The molecule has 4 rings (SSSR count). The third-order valence-electron chi connectivity index (χ3n) is 6.05. The number of carbonyl (C=O) groups is 1. The Morgan fingerprint density at radius 1 is 1.22 bits per heavy atom. The summed E-state index contributed by atoms with van der Waals surface area (Å²) in [5.74, 6) is 1.19. The Morgan fingerprint density at radius 2 is 2.03 bits per heavy atom. The summed E-state index contributed by atoms with van der Waals surface area (Å²) in [6.07, 6.45) is 1.80. The predicted octanol–water partition coefficient (Wildman–Crippen LogP) is 5.42. The Kier molecular flexibility index (Phi) is 6.46. The zero-order valence-corrected chi connectivity index (χ0v) is 18.9. The minimum atomic E-state index is -0.330. The van der Waals surface area contributed by atoms with Gasteiger partial charge in [0.15, 0.2) is 29.1 Å². The molecule has 3 aromatic rings. The first-order valence-corrected chi connectivity index (χ1v) is 11.0. The monoisotopic (exact) mass is 440 g/mol. The Balaban J connectivity index is 1.57. The summed E-state index contributed by atoms with van der Waals surface area (Å²) >= 11 is 0. The number of fused-ring (bicyclic) bond motifs is 1. The van der Waals surface area contributed by atoms with Crippen LogP contribution in [0.4, 0.5) is 4.39 Å². The van der Waals surface area contributed by atoms with Crippen molar-refractivity contribution in [1.82, 2.24) is 10.1 Å². The van der Waals surface area contributed by atoms with E-state index in [1.165, 1.54) is 19.1 Å². The van der Waals surface area contributed by atoms with Gasteiger partial charge in [-0.3, -0.25) is 9.69 Å². The molecule has 0 N–H and O–H groups in total. The van der Waals surface area contributed by atoms with Crippen LogP contribution in [0.15, 0.2) is 40.9 Å². The maximum atomic E-state index is 13.5. The number of benzene rings is 2. The minimum absolute atomic E-state index is 0.0196. The number of likely N-dealkylation sites (tertiary alicyclic amines) is 1. The van der Waals surface area contributed by atoms with Crippen molar-refractivity contribution in [3.05, 3.63) is 53.5 Å². The summed E-state index contributed by atoms with van der Waals surface area (Å²) in [6, 6.07) is 9.84. The number of carbonyl (C=O) groups excluding carboxylic acids is 1. The molecule has 1 fully saturated rings. The highest BCUT2D eigenvalue weighted by Gasteiger charge is 2.32. The summed E-state index contributed by atoms with van der Waals surface area (Å²) in [5.41, 5.74) is 1.93. The van der Waals surface area contributed by atoms with Gasteiger partial charge in [-0.25, -0.2) is 4.39 Å². The van der Waals surface area contributed by atoms with Crippen molar-refractivity contribution in [3.63, 3.8) is 0 Å². The molecule has 6 nitrogen and oxygen atoms in total. The molecule has 0 bridgehead atoms. The Morgan fingerprint density at radius 3 is 2.75 bits per heavy atom. The van der Waals surface area contributed by atoms with Crippen molar-refractivity contribution in [3.8, 4) is 11.5 Å². The zero-order valence-electron chi connectivity index (χ0n) is 18.9. The van der Waals surface area contributed by atoms with Crippen molar-refractivity contribution in [2.75, 3.05) is 20.2 Å². The van der Waals surface area contributed by atoms with Crippen LogP contribution in [0.2, 0.25) is 0 Å². The topological polar surface area (TPSA) is 64.8 Å². The van der Waals surface area contributed by atoms with Crippen molar-refractivity contribution in [1.29, 1.82) is 0 Å². The summed E-state index contributed by atoms with van der Waals surface area (Å²) in [6.45, 7) is 7.44. The fourth-order valence-corrected chi connectivity index (χ4v) is 4.43. The van der Waals surface area contributed by atoms with Crippen LogP contribution in [0.25, 0.3) is 11.0 Å². The van der Waals surface area contributed by atoms with Gasteiger partial charge in [-0.05, 0) is 50.1 Å². The van der Waals surface area contributed by atoms with Gasteiger partial charge in [-0.15, -0.1) is 0 Å². The van der Waals surface area contributed by atoms with Crippen molar-refractivity contribution < 1.29 is 23.2 Å². The van der Waals surface area contributed by atoms with E-state index in [1.54, 1.807) is 31.4 Å². The number of ketones is 1. The van der Waals surface area contributed by atoms with E-state index in [0.717, 1.165) is 37.0 Å². The second-order valence-electron chi connectivity index (χ2n) is 8.72. The number of rotatable bonds is 7. The lowest BCUT2D eigenvalue weighted by atomic mass is 9.92. The molecule has 7 heteroatoms. The third kappa shape index (κ3) is 4.48. The molecule has 1 unspecified atom stereocenters. The largest absolute Gasteiger partial charge is 0.493 e. The SMILES string of the molecule is COc1cc(C(C)=O)ccc1O[C@H](C(C)C)N1CCCC(c2noc3cc(F)ccc23)C1. The average molecular weight is 441 g/mol. The maximum absolute atomic E-state index is 13.5. The number of ether oxygens (including phenoxy) is 2. The van der Waals surface area contributed by atoms with E-state index in [9.17, 15) is 9.18 Å². The van der Waals surface area contributed by atoms with Gasteiger partial charge in [0.25, 0.3) is 0 Å². The van der Waals surface area contributed by atoms with E-state index in [4.69, 9.17) is 14.0 Å². The average Bonchev–Trinajstić information content (AvgIpc) is 3.20. The van der Waals surface area contributed by atoms with Gasteiger partial charge < -0.3 is 14.0 Å². The quantitative estimate of drug-likeness (QED) is 0.457. The molecule has 0 radical (unpaired) electrons. The van der Waals surface area contributed by atoms with Crippen molar-refractivity contribution >= 4 is 16.8 Å². The fraction of sp³-hybridized carbons (Fsp3) is 0.440. The molecule has 1 aliphatic rings. The van der Waals surface area contributed by atoms with Crippen molar-refractivity contribution in [2.45, 2.75) is 45.8 Å². The number of nitrogens with zero attached hydrogens (tertiary/aromatic N) is 2. The minimum Gasteiger partial charge on any atom is -0.493 e. The van der Waals surface area contributed by atoms with Crippen LogP contribution >= 0.6 is 0 Å². The number of aromatic nitrogens is 1. The third-order valence-corrected chi connectivity index (χ3v) is 6.05. The molecule has 32 heavy (non-hydrogen) atoms. The zero-order chi connectivity index (χ0) is 22.8. The number of piperidine rings is 1. The number of Topliss-reactive ketones (excluding diaryl/α,β-unsaturated/α-hetero) is 1. The first-order valence-electron chi connectivity index (χ1n) is 11.0. The van der Waals surface area contributed by atoms with Crippen LogP contribution in [-0.2, 0) is 0 Å². The lowest BCUT2D eigenvalue weighted by Crippen LogP contribution is -2.47. The number of hydrogen-bond donors (Lipinski definition) is 0. The first-order chi connectivity index (χ1) is 15.4. The van der Waals surface area contributed by atoms with E-state index in [1.807, 2.05) is 0 Å². The van der Waals surface area contributed by atoms with Gasteiger partial charge in [0, 0.05) is 41.9 Å². The van der Waals surface area contributed by atoms with E-state index >= 15 is 0 Å². The Hall–Kier alpha value is -2.93. The normalized spacial score (nSPS) is 18.1. The molecule has 1 saturated heterocycles. The number of hydrogen-bond acceptors (Lipinski definition) is 6. The smallest absolute Gasteiger partial charge is 0.170 e. The lowest BCUT2D eigenvalue weighted by molar-refractivity contribution is -0.0258. The number of methoxy groups -OCH3 is 1. The second kappa shape index (κ2) is 9.28. The standard InChI is InChI=1S/C25H29FN2O4/c1-15(2)25(31-21-10-7-17(16(3)29)12-23(21)30-4)28-11-5-6-18(14-28)24-20-9-8-19(26)13-22(20)32-27-24/h7-10,12-13,15,18,25H,5-6,11,14H2,1-4H3/t18?,25-/m1/s1. The van der Waals surface area contributed by atoms with E-state index in [0.29, 0.717) is 22.6 Å². The molecule has 0 aliphatic carbocycles. The second-order valence-corrected chi connectivity index (χ2v) is 8.72. The van der Waals surface area contributed by atoms with E-state index in [2.05, 4.69) is 23.9 Å². The molecule has 0 amide bonds. The molecule has 2 atom stereocenters. The van der Waals surface area contributed by atoms with Gasteiger partial charge in [0.1, 0.15) is 5.82 Å². The summed E-state index contributed by atoms with van der Waals surface area (Å²) in [7, 11) is 1.58.